The molecule has 4 nitrogen and oxygen atoms in total. The first-order chi connectivity index (χ1) is 9.74. The molecule has 2 saturated carbocycles. The summed E-state index contributed by atoms with van der Waals surface area (Å²) in [6.45, 7) is 2.31. The third-order valence-electron chi connectivity index (χ3n) is 5.14. The Hall–Kier alpha value is -1.58. The number of hydrogen-bond donors (Lipinski definition) is 1. The van der Waals surface area contributed by atoms with Gasteiger partial charge in [-0.2, -0.15) is 9.61 Å². The molecule has 2 heterocycles. The Morgan fingerprint density at radius 1 is 1.25 bits per heavy atom. The zero-order valence-corrected chi connectivity index (χ0v) is 12.0. The number of nitrogens with zero attached hydrogens (tertiary/aromatic N) is 3. The Labute approximate surface area is 119 Å². The van der Waals surface area contributed by atoms with Crippen LogP contribution in [0.5, 0.6) is 0 Å². The highest BCUT2D eigenvalue weighted by Gasteiger charge is 2.29. The van der Waals surface area contributed by atoms with Crippen molar-refractivity contribution in [2.75, 3.05) is 5.73 Å². The molecule has 2 aromatic heterocycles. The smallest absolute Gasteiger partial charge is 0.161 e. The number of hydrogen-bond acceptors (Lipinski definition) is 3. The van der Waals surface area contributed by atoms with Crippen LogP contribution in [0.25, 0.3) is 5.65 Å². The molecule has 0 aliphatic heterocycles. The zero-order valence-electron chi connectivity index (χ0n) is 12.0. The summed E-state index contributed by atoms with van der Waals surface area (Å²) in [5, 5.41) is 4.41. The van der Waals surface area contributed by atoms with Gasteiger partial charge in [-0.25, -0.2) is 4.98 Å². The summed E-state index contributed by atoms with van der Waals surface area (Å²) in [5.74, 6) is 2.67. The summed E-state index contributed by atoms with van der Waals surface area (Å²) < 4.78 is 1.80. The molecular weight excluding hydrogens is 248 g/mol. The minimum Gasteiger partial charge on any atom is -0.384 e. The van der Waals surface area contributed by atoms with E-state index in [2.05, 4.69) is 12.0 Å². The van der Waals surface area contributed by atoms with Crippen molar-refractivity contribution in [1.29, 1.82) is 0 Å². The highest BCUT2D eigenvalue weighted by Crippen LogP contribution is 2.42. The molecule has 106 valence electrons. The van der Waals surface area contributed by atoms with Crippen LogP contribution in [0.4, 0.5) is 5.82 Å². The molecule has 0 aromatic carbocycles. The molecule has 2 N–H and O–H groups in total. The number of rotatable bonds is 3. The van der Waals surface area contributed by atoms with Gasteiger partial charge in [-0.15, -0.1) is 0 Å². The first-order valence-corrected chi connectivity index (χ1v) is 7.88. The van der Waals surface area contributed by atoms with Crippen molar-refractivity contribution in [3.63, 3.8) is 0 Å². The van der Waals surface area contributed by atoms with E-state index in [1.165, 1.54) is 44.1 Å². The molecule has 2 fully saturated rings. The standard InChI is InChI=1S/C16H22N4/c1-10(11-4-2-3-5-11)14-8-15(17)20-16(19-14)13(9-18-20)12-6-7-12/h8-12H,2-7,17H2,1H3. The van der Waals surface area contributed by atoms with E-state index in [-0.39, 0.29) is 0 Å². The van der Waals surface area contributed by atoms with Gasteiger partial charge in [-0.05, 0) is 37.5 Å². The monoisotopic (exact) mass is 270 g/mol. The van der Waals surface area contributed by atoms with E-state index in [4.69, 9.17) is 10.7 Å². The maximum absolute atomic E-state index is 6.19. The van der Waals surface area contributed by atoms with Crippen LogP contribution < -0.4 is 5.73 Å². The summed E-state index contributed by atoms with van der Waals surface area (Å²) in [6.07, 6.45) is 9.90. The zero-order chi connectivity index (χ0) is 13.7. The lowest BCUT2D eigenvalue weighted by Gasteiger charge is -2.19. The largest absolute Gasteiger partial charge is 0.384 e. The Balaban J connectivity index is 1.77. The van der Waals surface area contributed by atoms with E-state index >= 15 is 0 Å². The van der Waals surface area contributed by atoms with Gasteiger partial charge in [0, 0.05) is 23.2 Å². The third-order valence-corrected chi connectivity index (χ3v) is 5.14. The van der Waals surface area contributed by atoms with Crippen molar-refractivity contribution < 1.29 is 0 Å². The van der Waals surface area contributed by atoms with Gasteiger partial charge in [0.2, 0.25) is 0 Å². The minimum atomic E-state index is 0.506. The molecular formula is C16H22N4. The molecule has 4 heteroatoms. The molecule has 0 bridgehead atoms. The Kier molecular flexibility index (Phi) is 2.72. The lowest BCUT2D eigenvalue weighted by molar-refractivity contribution is 0.453. The fraction of sp³-hybridized carbons (Fsp3) is 0.625. The first kappa shape index (κ1) is 12.2. The van der Waals surface area contributed by atoms with Crippen LogP contribution in [-0.2, 0) is 0 Å². The van der Waals surface area contributed by atoms with Gasteiger partial charge in [0.05, 0.1) is 6.20 Å². The third kappa shape index (κ3) is 1.89. The summed E-state index contributed by atoms with van der Waals surface area (Å²) in [6, 6.07) is 2.03. The van der Waals surface area contributed by atoms with E-state index < -0.39 is 0 Å². The number of nitrogens with two attached hydrogens (primary N) is 1. The second-order valence-corrected chi connectivity index (χ2v) is 6.55. The van der Waals surface area contributed by atoms with Gasteiger partial charge >= 0.3 is 0 Å². The van der Waals surface area contributed by atoms with Crippen LogP contribution in [0.15, 0.2) is 12.3 Å². The summed E-state index contributed by atoms with van der Waals surface area (Å²) in [5.41, 5.74) is 9.63. The van der Waals surface area contributed by atoms with E-state index in [9.17, 15) is 0 Å². The molecule has 0 saturated heterocycles. The lowest BCUT2D eigenvalue weighted by Crippen LogP contribution is -2.11. The average molecular weight is 270 g/mol. The molecule has 1 atom stereocenters. The molecule has 0 radical (unpaired) electrons. The lowest BCUT2D eigenvalue weighted by atomic mass is 9.89. The number of fused-ring (bicyclic) bond motifs is 1. The first-order valence-electron chi connectivity index (χ1n) is 7.88. The predicted molar refractivity (Wildman–Crippen MR) is 79.7 cm³/mol. The maximum Gasteiger partial charge on any atom is 0.161 e. The molecule has 4 rings (SSSR count). The van der Waals surface area contributed by atoms with Gasteiger partial charge in [0.1, 0.15) is 5.82 Å². The number of nitrogen functional groups attached to an aromatic ring is 1. The van der Waals surface area contributed by atoms with E-state index in [1.54, 1.807) is 4.52 Å². The van der Waals surface area contributed by atoms with Crippen molar-refractivity contribution in [2.24, 2.45) is 5.92 Å². The number of anilines is 1. The second-order valence-electron chi connectivity index (χ2n) is 6.55. The van der Waals surface area contributed by atoms with Gasteiger partial charge in [0.25, 0.3) is 0 Å². The van der Waals surface area contributed by atoms with Crippen LogP contribution in [0, 0.1) is 5.92 Å². The minimum absolute atomic E-state index is 0.506. The van der Waals surface area contributed by atoms with Crippen molar-refractivity contribution in [2.45, 2.75) is 57.3 Å². The number of aromatic nitrogens is 3. The molecule has 0 spiro atoms. The fourth-order valence-corrected chi connectivity index (χ4v) is 3.64. The van der Waals surface area contributed by atoms with Crippen molar-refractivity contribution >= 4 is 11.5 Å². The predicted octanol–water partition coefficient (Wildman–Crippen LogP) is 3.48. The molecule has 2 aliphatic rings. The molecule has 20 heavy (non-hydrogen) atoms. The highest BCUT2D eigenvalue weighted by molar-refractivity contribution is 5.55. The molecule has 1 unspecified atom stereocenters. The van der Waals surface area contributed by atoms with Crippen LogP contribution in [0.2, 0.25) is 0 Å². The van der Waals surface area contributed by atoms with Crippen LogP contribution >= 0.6 is 0 Å². The maximum atomic E-state index is 6.19. The highest BCUT2D eigenvalue weighted by atomic mass is 15.3. The molecule has 0 amide bonds. The quantitative estimate of drug-likeness (QED) is 0.929. The summed E-state index contributed by atoms with van der Waals surface area (Å²) >= 11 is 0. The van der Waals surface area contributed by atoms with Gasteiger partial charge in [0.15, 0.2) is 5.65 Å². The fourth-order valence-electron chi connectivity index (χ4n) is 3.64. The normalized spacial score (nSPS) is 21.6. The molecule has 2 aromatic rings. The van der Waals surface area contributed by atoms with Crippen LogP contribution in [0.3, 0.4) is 0 Å². The Morgan fingerprint density at radius 3 is 2.70 bits per heavy atom. The Morgan fingerprint density at radius 2 is 2.00 bits per heavy atom. The van der Waals surface area contributed by atoms with Gasteiger partial charge in [-0.3, -0.25) is 0 Å². The van der Waals surface area contributed by atoms with Crippen LogP contribution in [-0.4, -0.2) is 14.6 Å². The summed E-state index contributed by atoms with van der Waals surface area (Å²) in [4.78, 5) is 4.92. The van der Waals surface area contributed by atoms with E-state index in [1.807, 2.05) is 12.3 Å². The second kappa shape index (κ2) is 4.47. The van der Waals surface area contributed by atoms with E-state index in [0.717, 1.165) is 23.1 Å². The average Bonchev–Trinajstić information content (AvgIpc) is 2.99. The van der Waals surface area contributed by atoms with Gasteiger partial charge < -0.3 is 5.73 Å². The SMILES string of the molecule is CC(c1cc(N)n2ncc(C3CC3)c2n1)C1CCCC1. The van der Waals surface area contributed by atoms with Crippen molar-refractivity contribution in [3.05, 3.63) is 23.5 Å². The Bertz CT molecular complexity index is 635. The topological polar surface area (TPSA) is 56.2 Å². The summed E-state index contributed by atoms with van der Waals surface area (Å²) in [7, 11) is 0. The van der Waals surface area contributed by atoms with E-state index in [0.29, 0.717) is 11.8 Å². The van der Waals surface area contributed by atoms with Crippen LogP contribution in [0.1, 0.15) is 68.5 Å². The van der Waals surface area contributed by atoms with Crippen molar-refractivity contribution in [3.8, 4) is 0 Å². The molecule has 2 aliphatic carbocycles. The van der Waals surface area contributed by atoms with Gasteiger partial charge in [-0.1, -0.05) is 19.8 Å². The van der Waals surface area contributed by atoms with Crippen molar-refractivity contribution in [1.82, 2.24) is 14.6 Å².